The van der Waals surface area contributed by atoms with Gasteiger partial charge in [-0.25, -0.2) is 0 Å². The molecule has 2 rings (SSSR count). The molecule has 0 aromatic carbocycles. The number of anilines is 1. The molecule has 0 radical (unpaired) electrons. The van der Waals surface area contributed by atoms with Gasteiger partial charge in [-0.1, -0.05) is 0 Å². The number of aromatic nitrogens is 2. The molecule has 1 fully saturated rings. The molecule has 0 amide bonds. The van der Waals surface area contributed by atoms with Crippen molar-refractivity contribution in [2.75, 3.05) is 111 Å². The number of hydrogen-bond donors (Lipinski definition) is 1. The highest BCUT2D eigenvalue weighted by atomic mass is 32.1. The summed E-state index contributed by atoms with van der Waals surface area (Å²) >= 11 is 1.15. The van der Waals surface area contributed by atoms with Crippen LogP contribution < -0.4 is 15.0 Å². The van der Waals surface area contributed by atoms with E-state index >= 15 is 0 Å². The Labute approximate surface area is 225 Å². The van der Waals surface area contributed by atoms with Crippen molar-refractivity contribution < 1.29 is 37.9 Å². The van der Waals surface area contributed by atoms with Crippen LogP contribution >= 0.6 is 11.7 Å². The molecule has 0 bridgehead atoms. The minimum absolute atomic E-state index is 0.0465. The monoisotopic (exact) mass is 550 g/mol. The first-order valence-electron chi connectivity index (χ1n) is 13.0. The van der Waals surface area contributed by atoms with Gasteiger partial charge in [0.2, 0.25) is 5.82 Å². The second-order valence-corrected chi connectivity index (χ2v) is 9.81. The Morgan fingerprint density at radius 3 is 2.08 bits per heavy atom. The van der Waals surface area contributed by atoms with E-state index in [1.54, 1.807) is 0 Å². The average Bonchev–Trinajstić information content (AvgIpc) is 3.36. The fourth-order valence-corrected chi connectivity index (χ4v) is 3.64. The van der Waals surface area contributed by atoms with Crippen LogP contribution in [0.5, 0.6) is 5.88 Å². The summed E-state index contributed by atoms with van der Waals surface area (Å²) < 4.78 is 53.3. The molecule has 1 N–H and O–H groups in total. The molecule has 1 atom stereocenters. The minimum Gasteiger partial charge on any atom is -0.472 e. The first-order chi connectivity index (χ1) is 18.0. The standard InChI is InChI=1S/C24H46N4O8S/c1-5-29-10-11-31-12-13-32-14-15-33-16-17-34-20-36-21(18-25-24(2,3)4)19-35-23-22(26-37-27-23)28-6-8-30-9-7-28/h21,25H,5-20H2,1-4H3. The molecule has 12 nitrogen and oxygen atoms in total. The molecule has 1 aliphatic heterocycles. The van der Waals surface area contributed by atoms with Gasteiger partial charge >= 0.3 is 0 Å². The summed E-state index contributed by atoms with van der Waals surface area (Å²) in [5.74, 6) is 1.30. The molecule has 0 spiro atoms. The van der Waals surface area contributed by atoms with Gasteiger partial charge in [0.15, 0.2) is 0 Å². The summed E-state index contributed by atoms with van der Waals surface area (Å²) in [7, 11) is 0. The number of nitrogens with one attached hydrogen (secondary N) is 1. The van der Waals surface area contributed by atoms with E-state index in [4.69, 9.17) is 37.9 Å². The van der Waals surface area contributed by atoms with Crippen molar-refractivity contribution in [3.05, 3.63) is 0 Å². The number of hydrogen-bond acceptors (Lipinski definition) is 13. The summed E-state index contributed by atoms with van der Waals surface area (Å²) in [6.45, 7) is 17.2. The Morgan fingerprint density at radius 2 is 1.49 bits per heavy atom. The Balaban J connectivity index is 1.56. The molecule has 0 aliphatic carbocycles. The highest BCUT2D eigenvalue weighted by Gasteiger charge is 2.22. The molecule has 1 aromatic heterocycles. The van der Waals surface area contributed by atoms with Crippen molar-refractivity contribution >= 4 is 17.5 Å². The van der Waals surface area contributed by atoms with Gasteiger partial charge in [0.1, 0.15) is 19.5 Å². The maximum atomic E-state index is 6.01. The van der Waals surface area contributed by atoms with Crippen LogP contribution in [-0.2, 0) is 33.2 Å². The molecule has 0 saturated carbocycles. The summed E-state index contributed by atoms with van der Waals surface area (Å²) in [5, 5.41) is 3.46. The van der Waals surface area contributed by atoms with Gasteiger partial charge in [0.05, 0.1) is 77.8 Å². The van der Waals surface area contributed by atoms with Gasteiger partial charge < -0.3 is 48.1 Å². The maximum Gasteiger partial charge on any atom is 0.270 e. The molecular weight excluding hydrogens is 504 g/mol. The third-order valence-corrected chi connectivity index (χ3v) is 5.60. The normalized spacial score (nSPS) is 15.3. The van der Waals surface area contributed by atoms with Crippen molar-refractivity contribution in [2.45, 2.75) is 39.3 Å². The van der Waals surface area contributed by atoms with Gasteiger partial charge in [0.25, 0.3) is 5.88 Å². The van der Waals surface area contributed by atoms with Gasteiger partial charge in [-0.3, -0.25) is 0 Å². The smallest absolute Gasteiger partial charge is 0.270 e. The van der Waals surface area contributed by atoms with Crippen LogP contribution in [0.25, 0.3) is 0 Å². The molecule has 1 aliphatic rings. The van der Waals surface area contributed by atoms with Crippen LogP contribution in [0.4, 0.5) is 5.82 Å². The summed E-state index contributed by atoms with van der Waals surface area (Å²) in [6.07, 6.45) is -0.219. The molecule has 13 heteroatoms. The molecular formula is C24H46N4O8S. The van der Waals surface area contributed by atoms with E-state index < -0.39 is 0 Å². The number of nitrogens with zero attached hydrogens (tertiary/aromatic N) is 3. The van der Waals surface area contributed by atoms with E-state index in [0.29, 0.717) is 91.7 Å². The predicted octanol–water partition coefficient (Wildman–Crippen LogP) is 1.59. The van der Waals surface area contributed by atoms with Crippen molar-refractivity contribution in [1.82, 2.24) is 14.1 Å². The van der Waals surface area contributed by atoms with Crippen LogP contribution in [0.15, 0.2) is 0 Å². The molecule has 1 saturated heterocycles. The zero-order valence-corrected chi connectivity index (χ0v) is 23.7. The van der Waals surface area contributed by atoms with Crippen molar-refractivity contribution in [3.63, 3.8) is 0 Å². The van der Waals surface area contributed by atoms with Crippen LogP contribution in [0.3, 0.4) is 0 Å². The fourth-order valence-electron chi connectivity index (χ4n) is 3.12. The van der Waals surface area contributed by atoms with Crippen molar-refractivity contribution in [3.8, 4) is 5.88 Å². The van der Waals surface area contributed by atoms with Gasteiger partial charge in [-0.2, -0.15) is 4.37 Å². The highest BCUT2D eigenvalue weighted by Crippen LogP contribution is 2.26. The fraction of sp³-hybridized carbons (Fsp3) is 0.917. The van der Waals surface area contributed by atoms with Crippen LogP contribution in [0, 0.1) is 0 Å². The Morgan fingerprint density at radius 1 is 0.892 bits per heavy atom. The van der Waals surface area contributed by atoms with Crippen LogP contribution in [-0.4, -0.2) is 126 Å². The molecule has 37 heavy (non-hydrogen) atoms. The zero-order chi connectivity index (χ0) is 26.6. The van der Waals surface area contributed by atoms with E-state index in [9.17, 15) is 0 Å². The van der Waals surface area contributed by atoms with E-state index in [2.05, 4.69) is 39.7 Å². The van der Waals surface area contributed by atoms with Crippen LogP contribution in [0.2, 0.25) is 0 Å². The molecule has 2 heterocycles. The van der Waals surface area contributed by atoms with Crippen molar-refractivity contribution in [1.29, 1.82) is 0 Å². The lowest BCUT2D eigenvalue weighted by atomic mass is 10.1. The maximum absolute atomic E-state index is 6.01. The van der Waals surface area contributed by atoms with E-state index in [1.165, 1.54) is 0 Å². The van der Waals surface area contributed by atoms with Gasteiger partial charge in [0, 0.05) is 31.8 Å². The first kappa shape index (κ1) is 32.1. The summed E-state index contributed by atoms with van der Waals surface area (Å²) in [6, 6.07) is 0. The largest absolute Gasteiger partial charge is 0.472 e. The van der Waals surface area contributed by atoms with E-state index in [0.717, 1.165) is 30.6 Å². The topological polar surface area (TPSA) is 115 Å². The molecule has 1 aromatic rings. The molecule has 216 valence electrons. The SMILES string of the molecule is CCOCCOCCOCCOCCOCOC(CNC(C)(C)C)COc1nsnc1N1CCOCC1. The predicted molar refractivity (Wildman–Crippen MR) is 141 cm³/mol. The highest BCUT2D eigenvalue weighted by molar-refractivity contribution is 6.99. The van der Waals surface area contributed by atoms with Gasteiger partial charge in [-0.15, -0.1) is 4.37 Å². The van der Waals surface area contributed by atoms with E-state index in [-0.39, 0.29) is 18.4 Å². The third kappa shape index (κ3) is 15.8. The lowest BCUT2D eigenvalue weighted by Gasteiger charge is -2.27. The second kappa shape index (κ2) is 19.8. The third-order valence-electron chi connectivity index (χ3n) is 5.10. The quantitative estimate of drug-likeness (QED) is 0.167. The Hall–Kier alpha value is -1.16. The summed E-state index contributed by atoms with van der Waals surface area (Å²) in [5.41, 5.74) is -0.0465. The second-order valence-electron chi connectivity index (χ2n) is 9.28. The average molecular weight is 551 g/mol. The summed E-state index contributed by atoms with van der Waals surface area (Å²) in [4.78, 5) is 2.14. The number of morpholine rings is 1. The van der Waals surface area contributed by atoms with Crippen LogP contribution in [0.1, 0.15) is 27.7 Å². The number of rotatable bonds is 22. The lowest BCUT2D eigenvalue weighted by molar-refractivity contribution is -0.110. The molecule has 1 unspecified atom stereocenters. The minimum atomic E-state index is -0.219. The van der Waals surface area contributed by atoms with E-state index in [1.807, 2.05) is 6.92 Å². The first-order valence-corrected chi connectivity index (χ1v) is 13.8. The van der Waals surface area contributed by atoms with Crippen molar-refractivity contribution in [2.24, 2.45) is 0 Å². The number of ether oxygens (including phenoxy) is 8. The lowest BCUT2D eigenvalue weighted by Crippen LogP contribution is -2.44. The van der Waals surface area contributed by atoms with Gasteiger partial charge in [-0.05, 0) is 27.7 Å². The zero-order valence-electron chi connectivity index (χ0n) is 22.9. The Bertz CT molecular complexity index is 673. The Kier molecular flexibility index (Phi) is 17.2.